The van der Waals surface area contributed by atoms with Crippen LogP contribution in [0.3, 0.4) is 0 Å². The van der Waals surface area contributed by atoms with Crippen molar-refractivity contribution in [3.8, 4) is 11.3 Å². The van der Waals surface area contributed by atoms with Crippen LogP contribution in [0.5, 0.6) is 0 Å². The molecule has 1 atom stereocenters. The molecular formula is C22H31N5. The highest BCUT2D eigenvalue weighted by Gasteiger charge is 2.25. The summed E-state index contributed by atoms with van der Waals surface area (Å²) in [5.74, 6) is 0. The summed E-state index contributed by atoms with van der Waals surface area (Å²) < 4.78 is 0. The fourth-order valence-corrected chi connectivity index (χ4v) is 4.37. The van der Waals surface area contributed by atoms with Crippen molar-refractivity contribution in [3.63, 3.8) is 0 Å². The lowest BCUT2D eigenvalue weighted by Gasteiger charge is -2.38. The van der Waals surface area contributed by atoms with Gasteiger partial charge in [-0.05, 0) is 50.3 Å². The molecule has 1 saturated heterocycles. The number of hydrogen-bond donors (Lipinski definition) is 2. The summed E-state index contributed by atoms with van der Waals surface area (Å²) in [6.45, 7) is 8.46. The van der Waals surface area contributed by atoms with Crippen molar-refractivity contribution in [3.05, 3.63) is 47.4 Å². The molecule has 5 nitrogen and oxygen atoms in total. The minimum absolute atomic E-state index is 0.161. The second-order valence-electron chi connectivity index (χ2n) is 8.68. The van der Waals surface area contributed by atoms with E-state index in [2.05, 4.69) is 42.3 Å². The molecule has 0 saturated carbocycles. The molecule has 144 valence electrons. The van der Waals surface area contributed by atoms with Crippen LogP contribution in [0.1, 0.15) is 56.0 Å². The van der Waals surface area contributed by atoms with Crippen molar-refractivity contribution in [2.75, 3.05) is 19.6 Å². The fraction of sp³-hybridized carbons (Fsp3) is 0.545. The summed E-state index contributed by atoms with van der Waals surface area (Å²) in [5.41, 5.74) is 12.3. The smallest absolute Gasteiger partial charge is 0.0885 e. The van der Waals surface area contributed by atoms with Gasteiger partial charge >= 0.3 is 0 Å². The van der Waals surface area contributed by atoms with Crippen molar-refractivity contribution in [2.45, 2.75) is 57.7 Å². The van der Waals surface area contributed by atoms with Gasteiger partial charge in [-0.15, -0.1) is 0 Å². The molecule has 27 heavy (non-hydrogen) atoms. The van der Waals surface area contributed by atoms with Gasteiger partial charge in [0.1, 0.15) is 0 Å². The number of aromatic nitrogens is 2. The molecule has 0 radical (unpaired) electrons. The van der Waals surface area contributed by atoms with Crippen molar-refractivity contribution < 1.29 is 0 Å². The average molecular weight is 366 g/mol. The predicted octanol–water partition coefficient (Wildman–Crippen LogP) is 3.05. The number of benzene rings is 1. The lowest BCUT2D eigenvalue weighted by molar-refractivity contribution is 0.147. The quantitative estimate of drug-likeness (QED) is 0.819. The Balaban J connectivity index is 1.48. The second kappa shape index (κ2) is 7.66. The number of nitrogens with two attached hydrogens (primary N) is 1. The standard InChI is InChI=1S/C22H31N5/c1-22(2)15-27(10-9-26-22)14-18-12-25-21(13-24-18)17-7-8-19-16(11-17)5-3-4-6-20(19)23/h7-8,11-13,20,26H,3-6,9-10,14-15,23H2,1-2H3. The van der Waals surface area contributed by atoms with E-state index in [9.17, 15) is 0 Å². The maximum absolute atomic E-state index is 6.33. The third-order valence-electron chi connectivity index (χ3n) is 5.79. The van der Waals surface area contributed by atoms with Crippen molar-refractivity contribution in [1.29, 1.82) is 0 Å². The van der Waals surface area contributed by atoms with Gasteiger partial charge in [0.15, 0.2) is 0 Å². The van der Waals surface area contributed by atoms with Gasteiger partial charge in [-0.3, -0.25) is 14.9 Å². The molecular weight excluding hydrogens is 334 g/mol. The molecule has 1 aromatic carbocycles. The van der Waals surface area contributed by atoms with Crippen molar-refractivity contribution >= 4 is 0 Å². The molecule has 5 heteroatoms. The number of rotatable bonds is 3. The summed E-state index contributed by atoms with van der Waals surface area (Å²) in [5, 5.41) is 3.55. The van der Waals surface area contributed by atoms with Gasteiger partial charge in [0.05, 0.1) is 23.8 Å². The molecule has 2 heterocycles. The molecule has 0 amide bonds. The largest absolute Gasteiger partial charge is 0.324 e. The first kappa shape index (κ1) is 18.5. The monoisotopic (exact) mass is 365 g/mol. The zero-order valence-corrected chi connectivity index (χ0v) is 16.5. The van der Waals surface area contributed by atoms with Gasteiger partial charge in [-0.2, -0.15) is 0 Å². The SMILES string of the molecule is CC1(C)CN(Cc2cnc(-c3ccc4c(c3)CCCCC4N)cn2)CCN1. The Hall–Kier alpha value is -1.82. The highest BCUT2D eigenvalue weighted by atomic mass is 15.2. The van der Waals surface area contributed by atoms with Gasteiger partial charge in [0, 0.05) is 43.3 Å². The lowest BCUT2D eigenvalue weighted by Crippen LogP contribution is -2.56. The summed E-state index contributed by atoms with van der Waals surface area (Å²) in [7, 11) is 0. The first-order valence-corrected chi connectivity index (χ1v) is 10.2. The average Bonchev–Trinajstić information content (AvgIpc) is 2.83. The third kappa shape index (κ3) is 4.37. The molecule has 0 spiro atoms. The molecule has 1 fully saturated rings. The Morgan fingerprint density at radius 3 is 2.89 bits per heavy atom. The Labute approximate surface area is 162 Å². The third-order valence-corrected chi connectivity index (χ3v) is 5.79. The summed E-state index contributed by atoms with van der Waals surface area (Å²) in [4.78, 5) is 11.8. The van der Waals surface area contributed by atoms with Crippen LogP contribution in [0, 0.1) is 0 Å². The highest BCUT2D eigenvalue weighted by molar-refractivity contribution is 5.60. The number of hydrogen-bond acceptors (Lipinski definition) is 5. The lowest BCUT2D eigenvalue weighted by atomic mass is 9.96. The van der Waals surface area contributed by atoms with Crippen molar-refractivity contribution in [2.24, 2.45) is 5.73 Å². The number of aryl methyl sites for hydroxylation is 1. The van der Waals surface area contributed by atoms with Gasteiger partial charge < -0.3 is 11.1 Å². The maximum Gasteiger partial charge on any atom is 0.0885 e. The fourth-order valence-electron chi connectivity index (χ4n) is 4.37. The van der Waals surface area contributed by atoms with Crippen LogP contribution in [-0.2, 0) is 13.0 Å². The number of nitrogens with zero attached hydrogens (tertiary/aromatic N) is 3. The van der Waals surface area contributed by atoms with Crippen LogP contribution in [-0.4, -0.2) is 40.0 Å². The molecule has 1 unspecified atom stereocenters. The van der Waals surface area contributed by atoms with Crippen LogP contribution in [0.2, 0.25) is 0 Å². The molecule has 1 aliphatic carbocycles. The van der Waals surface area contributed by atoms with E-state index < -0.39 is 0 Å². The van der Waals surface area contributed by atoms with E-state index in [1.54, 1.807) is 0 Å². The topological polar surface area (TPSA) is 67.1 Å². The maximum atomic E-state index is 6.33. The Morgan fingerprint density at radius 1 is 1.22 bits per heavy atom. The molecule has 1 aliphatic heterocycles. The molecule has 2 aliphatic rings. The normalized spacial score (nSPS) is 22.9. The van der Waals surface area contributed by atoms with Crippen LogP contribution in [0.15, 0.2) is 30.6 Å². The summed E-state index contributed by atoms with van der Waals surface area (Å²) in [6.07, 6.45) is 8.48. The van der Waals surface area contributed by atoms with Crippen LogP contribution in [0.4, 0.5) is 0 Å². The van der Waals surface area contributed by atoms with Gasteiger partial charge in [-0.1, -0.05) is 18.6 Å². The van der Waals surface area contributed by atoms with E-state index >= 15 is 0 Å². The zero-order valence-electron chi connectivity index (χ0n) is 16.5. The second-order valence-corrected chi connectivity index (χ2v) is 8.68. The number of fused-ring (bicyclic) bond motifs is 1. The van der Waals surface area contributed by atoms with E-state index in [1.165, 1.54) is 24.0 Å². The minimum Gasteiger partial charge on any atom is -0.324 e. The Bertz CT molecular complexity index is 784. The predicted molar refractivity (Wildman–Crippen MR) is 109 cm³/mol. The van der Waals surface area contributed by atoms with E-state index in [0.29, 0.717) is 0 Å². The number of piperazine rings is 1. The van der Waals surface area contributed by atoms with Gasteiger partial charge in [0.2, 0.25) is 0 Å². The van der Waals surface area contributed by atoms with E-state index in [0.717, 1.165) is 56.0 Å². The molecule has 0 bridgehead atoms. The number of nitrogens with one attached hydrogen (secondary N) is 1. The first-order chi connectivity index (χ1) is 13.0. The molecule has 2 aromatic rings. The summed E-state index contributed by atoms with van der Waals surface area (Å²) >= 11 is 0. The van der Waals surface area contributed by atoms with Gasteiger partial charge in [0.25, 0.3) is 0 Å². The van der Waals surface area contributed by atoms with E-state index in [1.807, 2.05) is 12.4 Å². The van der Waals surface area contributed by atoms with Crippen LogP contribution in [0.25, 0.3) is 11.3 Å². The van der Waals surface area contributed by atoms with Crippen LogP contribution >= 0.6 is 0 Å². The van der Waals surface area contributed by atoms with Crippen molar-refractivity contribution in [1.82, 2.24) is 20.2 Å². The minimum atomic E-state index is 0.161. The molecule has 1 aromatic heterocycles. The Kier molecular flexibility index (Phi) is 5.26. The summed E-state index contributed by atoms with van der Waals surface area (Å²) in [6, 6.07) is 6.78. The Morgan fingerprint density at radius 2 is 2.11 bits per heavy atom. The molecule has 4 rings (SSSR count). The van der Waals surface area contributed by atoms with Gasteiger partial charge in [-0.25, -0.2) is 0 Å². The first-order valence-electron chi connectivity index (χ1n) is 10.2. The highest BCUT2D eigenvalue weighted by Crippen LogP contribution is 2.30. The zero-order chi connectivity index (χ0) is 18.9. The van der Waals surface area contributed by atoms with Crippen LogP contribution < -0.4 is 11.1 Å². The van der Waals surface area contributed by atoms with E-state index in [-0.39, 0.29) is 11.6 Å². The van der Waals surface area contributed by atoms with E-state index in [4.69, 9.17) is 15.7 Å². The molecule has 3 N–H and O–H groups in total.